The van der Waals surface area contributed by atoms with Gasteiger partial charge in [-0.15, -0.1) is 11.3 Å². The predicted octanol–water partition coefficient (Wildman–Crippen LogP) is 1.10. The van der Waals surface area contributed by atoms with Crippen molar-refractivity contribution in [2.45, 2.75) is 25.4 Å². The number of carbonyl (C=O) groups is 2. The molecule has 0 aromatic carbocycles. The first-order valence-electron chi connectivity index (χ1n) is 6.94. The van der Waals surface area contributed by atoms with Crippen LogP contribution in [0.5, 0.6) is 0 Å². The molecule has 3 heterocycles. The third-order valence-electron chi connectivity index (χ3n) is 3.84. The minimum atomic E-state index is -0.289. The summed E-state index contributed by atoms with van der Waals surface area (Å²) in [6.07, 6.45) is 1.12. The highest BCUT2D eigenvalue weighted by molar-refractivity contribution is 7.09. The van der Waals surface area contributed by atoms with Crippen LogP contribution in [0.2, 0.25) is 0 Å². The first kappa shape index (κ1) is 13.6. The van der Waals surface area contributed by atoms with E-state index in [0.717, 1.165) is 4.88 Å². The Labute approximate surface area is 122 Å². The number of carbonyl (C=O) groups excluding carboxylic acids is 2. The van der Waals surface area contributed by atoms with Crippen molar-refractivity contribution in [2.75, 3.05) is 26.3 Å². The lowest BCUT2D eigenvalue weighted by Gasteiger charge is -2.32. The van der Waals surface area contributed by atoms with E-state index < -0.39 is 0 Å². The molecule has 2 fully saturated rings. The second-order valence-corrected chi connectivity index (χ2v) is 6.13. The van der Waals surface area contributed by atoms with E-state index in [9.17, 15) is 9.59 Å². The Hall–Kier alpha value is -1.40. The van der Waals surface area contributed by atoms with Crippen molar-refractivity contribution in [1.29, 1.82) is 0 Å². The molecule has 2 amide bonds. The molecule has 1 aromatic rings. The van der Waals surface area contributed by atoms with Gasteiger partial charge in [0.15, 0.2) is 0 Å². The van der Waals surface area contributed by atoms with Crippen LogP contribution in [0.4, 0.5) is 0 Å². The lowest BCUT2D eigenvalue weighted by Crippen LogP contribution is -2.50. The van der Waals surface area contributed by atoms with E-state index in [1.165, 1.54) is 0 Å². The standard InChI is InChI=1S/C14H18N2O3S/c17-13-4-3-12(14(18)15-5-7-19-8-6-15)16(13)10-11-2-1-9-20-11/h1-2,9,12H,3-8,10H2/t12-/m1/s1. The van der Waals surface area contributed by atoms with Crippen molar-refractivity contribution in [2.24, 2.45) is 0 Å². The average molecular weight is 294 g/mol. The van der Waals surface area contributed by atoms with Crippen LogP contribution < -0.4 is 0 Å². The van der Waals surface area contributed by atoms with E-state index in [-0.39, 0.29) is 17.9 Å². The van der Waals surface area contributed by atoms with Crippen LogP contribution in [0, 0.1) is 0 Å². The van der Waals surface area contributed by atoms with Gasteiger partial charge in [-0.05, 0) is 17.9 Å². The van der Waals surface area contributed by atoms with Gasteiger partial charge < -0.3 is 14.5 Å². The number of amides is 2. The van der Waals surface area contributed by atoms with Gasteiger partial charge in [-0.1, -0.05) is 6.07 Å². The van der Waals surface area contributed by atoms with Crippen LogP contribution >= 0.6 is 11.3 Å². The molecule has 1 aromatic heterocycles. The zero-order valence-electron chi connectivity index (χ0n) is 11.3. The molecule has 1 atom stereocenters. The van der Waals surface area contributed by atoms with E-state index in [0.29, 0.717) is 45.7 Å². The summed E-state index contributed by atoms with van der Waals surface area (Å²) in [5.74, 6) is 0.167. The van der Waals surface area contributed by atoms with Gasteiger partial charge in [0.05, 0.1) is 19.8 Å². The Bertz CT molecular complexity index is 483. The van der Waals surface area contributed by atoms with E-state index in [1.807, 2.05) is 22.4 Å². The molecule has 2 aliphatic rings. The van der Waals surface area contributed by atoms with Gasteiger partial charge in [-0.25, -0.2) is 0 Å². The lowest BCUT2D eigenvalue weighted by molar-refractivity contribution is -0.144. The summed E-state index contributed by atoms with van der Waals surface area (Å²) in [6, 6.07) is 3.69. The molecule has 0 saturated carbocycles. The van der Waals surface area contributed by atoms with Crippen LogP contribution in [0.3, 0.4) is 0 Å². The Morgan fingerprint density at radius 3 is 2.90 bits per heavy atom. The molecule has 0 aliphatic carbocycles. The second kappa shape index (κ2) is 5.93. The van der Waals surface area contributed by atoms with Crippen molar-refractivity contribution in [3.05, 3.63) is 22.4 Å². The molecule has 0 radical (unpaired) electrons. The van der Waals surface area contributed by atoms with Crippen LogP contribution in [0.15, 0.2) is 17.5 Å². The molecule has 108 valence electrons. The van der Waals surface area contributed by atoms with E-state index >= 15 is 0 Å². The zero-order valence-corrected chi connectivity index (χ0v) is 12.1. The molecule has 0 spiro atoms. The van der Waals surface area contributed by atoms with Crippen LogP contribution in [-0.4, -0.2) is 54.0 Å². The molecule has 20 heavy (non-hydrogen) atoms. The third kappa shape index (κ3) is 2.71. The number of hydrogen-bond donors (Lipinski definition) is 0. The maximum Gasteiger partial charge on any atom is 0.245 e. The van der Waals surface area contributed by atoms with Crippen LogP contribution in [-0.2, 0) is 20.9 Å². The van der Waals surface area contributed by atoms with Gasteiger partial charge in [0, 0.05) is 24.4 Å². The van der Waals surface area contributed by atoms with Crippen molar-refractivity contribution in [3.63, 3.8) is 0 Å². The van der Waals surface area contributed by atoms with Crippen molar-refractivity contribution < 1.29 is 14.3 Å². The highest BCUT2D eigenvalue weighted by Gasteiger charge is 2.38. The lowest BCUT2D eigenvalue weighted by atomic mass is 10.2. The quantitative estimate of drug-likeness (QED) is 0.839. The first-order valence-corrected chi connectivity index (χ1v) is 7.82. The molecule has 2 saturated heterocycles. The van der Waals surface area contributed by atoms with Gasteiger partial charge in [-0.2, -0.15) is 0 Å². The zero-order chi connectivity index (χ0) is 13.9. The Kier molecular flexibility index (Phi) is 4.03. The Balaban J connectivity index is 1.70. The summed E-state index contributed by atoms with van der Waals surface area (Å²) in [5, 5.41) is 1.99. The monoisotopic (exact) mass is 294 g/mol. The third-order valence-corrected chi connectivity index (χ3v) is 4.70. The highest BCUT2D eigenvalue weighted by atomic mass is 32.1. The van der Waals surface area contributed by atoms with Crippen molar-refractivity contribution in [3.8, 4) is 0 Å². The maximum absolute atomic E-state index is 12.6. The number of rotatable bonds is 3. The fourth-order valence-electron chi connectivity index (χ4n) is 2.75. The predicted molar refractivity (Wildman–Crippen MR) is 75.3 cm³/mol. The number of likely N-dealkylation sites (tertiary alicyclic amines) is 1. The molecule has 0 N–H and O–H groups in total. The molecular weight excluding hydrogens is 276 g/mol. The molecule has 6 heteroatoms. The number of hydrogen-bond acceptors (Lipinski definition) is 4. The Morgan fingerprint density at radius 2 is 2.20 bits per heavy atom. The average Bonchev–Trinajstić information content (AvgIpc) is 3.11. The molecule has 0 bridgehead atoms. The van der Waals surface area contributed by atoms with Gasteiger partial charge in [0.1, 0.15) is 6.04 Å². The van der Waals surface area contributed by atoms with E-state index in [1.54, 1.807) is 16.2 Å². The number of nitrogens with zero attached hydrogens (tertiary/aromatic N) is 2. The summed E-state index contributed by atoms with van der Waals surface area (Å²) < 4.78 is 5.27. The Morgan fingerprint density at radius 1 is 1.40 bits per heavy atom. The SMILES string of the molecule is O=C([C@H]1CCC(=O)N1Cc1cccs1)N1CCOCC1. The molecular formula is C14H18N2O3S. The normalized spacial score (nSPS) is 23.4. The van der Waals surface area contributed by atoms with Gasteiger partial charge >= 0.3 is 0 Å². The van der Waals surface area contributed by atoms with E-state index in [4.69, 9.17) is 4.74 Å². The summed E-state index contributed by atoms with van der Waals surface area (Å²) in [7, 11) is 0. The summed E-state index contributed by atoms with van der Waals surface area (Å²) in [5.41, 5.74) is 0. The largest absolute Gasteiger partial charge is 0.378 e. The van der Waals surface area contributed by atoms with Crippen LogP contribution in [0.25, 0.3) is 0 Å². The van der Waals surface area contributed by atoms with Gasteiger partial charge in [-0.3, -0.25) is 9.59 Å². The number of morpholine rings is 1. The molecule has 2 aliphatic heterocycles. The number of ether oxygens (including phenoxy) is 1. The molecule has 0 unspecified atom stereocenters. The fourth-order valence-corrected chi connectivity index (χ4v) is 3.46. The van der Waals surface area contributed by atoms with Gasteiger partial charge in [0.25, 0.3) is 0 Å². The number of thiophene rings is 1. The summed E-state index contributed by atoms with van der Waals surface area (Å²) in [4.78, 5) is 29.3. The summed E-state index contributed by atoms with van der Waals surface area (Å²) >= 11 is 1.62. The minimum absolute atomic E-state index is 0.0794. The molecule has 3 rings (SSSR count). The van der Waals surface area contributed by atoms with Crippen molar-refractivity contribution >= 4 is 23.2 Å². The second-order valence-electron chi connectivity index (χ2n) is 5.09. The fraction of sp³-hybridized carbons (Fsp3) is 0.571. The molecule has 5 nitrogen and oxygen atoms in total. The smallest absolute Gasteiger partial charge is 0.245 e. The first-order chi connectivity index (χ1) is 9.75. The minimum Gasteiger partial charge on any atom is -0.378 e. The highest BCUT2D eigenvalue weighted by Crippen LogP contribution is 2.25. The van der Waals surface area contributed by atoms with Gasteiger partial charge in [0.2, 0.25) is 11.8 Å². The topological polar surface area (TPSA) is 49.9 Å². The van der Waals surface area contributed by atoms with Crippen molar-refractivity contribution in [1.82, 2.24) is 9.80 Å². The summed E-state index contributed by atoms with van der Waals surface area (Å²) in [6.45, 7) is 3.01. The van der Waals surface area contributed by atoms with Crippen LogP contribution in [0.1, 0.15) is 17.7 Å². The van der Waals surface area contributed by atoms with E-state index in [2.05, 4.69) is 0 Å². The maximum atomic E-state index is 12.6.